The second-order valence-corrected chi connectivity index (χ2v) is 8.99. The van der Waals surface area contributed by atoms with Crippen LogP contribution in [0.4, 0.5) is 17.1 Å². The van der Waals surface area contributed by atoms with Crippen LogP contribution in [0, 0.1) is 13.8 Å². The minimum Gasteiger partial charge on any atom is -0.332 e. The lowest BCUT2D eigenvalue weighted by molar-refractivity contribution is 0.601. The Labute approximate surface area is 181 Å². The first-order chi connectivity index (χ1) is 13.7. The third-order valence-electron chi connectivity index (χ3n) is 4.24. The van der Waals surface area contributed by atoms with E-state index in [4.69, 9.17) is 23.8 Å². The zero-order valence-electron chi connectivity index (χ0n) is 15.9. The molecule has 0 aliphatic heterocycles. The van der Waals surface area contributed by atoms with E-state index in [0.29, 0.717) is 21.5 Å². The standard InChI is InChI=1S/C21H20ClN3O2S2/c1-14-7-8-17(13-19(14)22)24-21(28)23-16-9-11-18(12-10-16)29(26,27)25-20-6-4-3-5-15(20)2/h3-13,25H,1-2H3,(H2,23,24,28). The number of thiocarbonyl (C=S) groups is 1. The summed E-state index contributed by atoms with van der Waals surface area (Å²) in [7, 11) is -3.68. The van der Waals surface area contributed by atoms with E-state index in [1.165, 1.54) is 12.1 Å². The fourth-order valence-corrected chi connectivity index (χ4v) is 4.12. The predicted molar refractivity (Wildman–Crippen MR) is 124 cm³/mol. The van der Waals surface area contributed by atoms with Crippen molar-refractivity contribution in [1.29, 1.82) is 0 Å². The average Bonchev–Trinajstić information content (AvgIpc) is 2.67. The van der Waals surface area contributed by atoms with Gasteiger partial charge in [-0.05, 0) is 79.7 Å². The summed E-state index contributed by atoms with van der Waals surface area (Å²) in [5.41, 5.74) is 3.81. The van der Waals surface area contributed by atoms with Crippen molar-refractivity contribution in [3.63, 3.8) is 0 Å². The van der Waals surface area contributed by atoms with Gasteiger partial charge >= 0.3 is 0 Å². The van der Waals surface area contributed by atoms with Crippen molar-refractivity contribution >= 4 is 56.0 Å². The summed E-state index contributed by atoms with van der Waals surface area (Å²) >= 11 is 11.4. The van der Waals surface area contributed by atoms with E-state index < -0.39 is 10.0 Å². The highest BCUT2D eigenvalue weighted by Crippen LogP contribution is 2.22. The summed E-state index contributed by atoms with van der Waals surface area (Å²) in [5, 5.41) is 7.09. The maximum Gasteiger partial charge on any atom is 0.261 e. The fourth-order valence-electron chi connectivity index (χ4n) is 2.57. The molecule has 5 nitrogen and oxygen atoms in total. The molecule has 0 aliphatic rings. The number of hydrogen-bond donors (Lipinski definition) is 3. The Morgan fingerprint density at radius 3 is 2.14 bits per heavy atom. The van der Waals surface area contributed by atoms with Crippen LogP contribution in [0.15, 0.2) is 71.6 Å². The molecule has 3 N–H and O–H groups in total. The first-order valence-corrected chi connectivity index (χ1v) is 11.0. The van der Waals surface area contributed by atoms with Crippen molar-refractivity contribution in [1.82, 2.24) is 0 Å². The van der Waals surface area contributed by atoms with Crippen LogP contribution < -0.4 is 15.4 Å². The Kier molecular flexibility index (Phi) is 6.42. The van der Waals surface area contributed by atoms with Crippen molar-refractivity contribution in [2.45, 2.75) is 18.7 Å². The summed E-state index contributed by atoms with van der Waals surface area (Å²) < 4.78 is 27.8. The average molecular weight is 446 g/mol. The van der Waals surface area contributed by atoms with Gasteiger partial charge in [0.2, 0.25) is 0 Å². The minimum absolute atomic E-state index is 0.162. The van der Waals surface area contributed by atoms with E-state index in [1.54, 1.807) is 30.3 Å². The molecule has 0 bridgehead atoms. The van der Waals surface area contributed by atoms with E-state index in [2.05, 4.69) is 15.4 Å². The van der Waals surface area contributed by atoms with Crippen LogP contribution in [0.25, 0.3) is 0 Å². The second kappa shape index (κ2) is 8.82. The molecular formula is C21H20ClN3O2S2. The quantitative estimate of drug-likeness (QED) is 0.448. The zero-order chi connectivity index (χ0) is 21.0. The third kappa shape index (κ3) is 5.47. The minimum atomic E-state index is -3.68. The molecule has 8 heteroatoms. The number of hydrogen-bond acceptors (Lipinski definition) is 3. The molecule has 3 aromatic rings. The number of nitrogens with one attached hydrogen (secondary N) is 3. The second-order valence-electron chi connectivity index (χ2n) is 6.49. The van der Waals surface area contributed by atoms with Gasteiger partial charge in [0.15, 0.2) is 5.11 Å². The zero-order valence-corrected chi connectivity index (χ0v) is 18.3. The number of benzene rings is 3. The van der Waals surface area contributed by atoms with Crippen LogP contribution >= 0.6 is 23.8 Å². The number of halogens is 1. The first-order valence-electron chi connectivity index (χ1n) is 8.77. The van der Waals surface area contributed by atoms with Gasteiger partial charge in [-0.1, -0.05) is 35.9 Å². The van der Waals surface area contributed by atoms with Crippen molar-refractivity contribution < 1.29 is 8.42 Å². The molecule has 150 valence electrons. The van der Waals surface area contributed by atoms with Gasteiger partial charge in [-0.15, -0.1) is 0 Å². The molecule has 0 heterocycles. The van der Waals surface area contributed by atoms with Gasteiger partial charge in [0.25, 0.3) is 10.0 Å². The van der Waals surface area contributed by atoms with Gasteiger partial charge in [0.05, 0.1) is 10.6 Å². The van der Waals surface area contributed by atoms with Gasteiger partial charge in [-0.3, -0.25) is 4.72 Å². The van der Waals surface area contributed by atoms with E-state index >= 15 is 0 Å². The van der Waals surface area contributed by atoms with E-state index in [9.17, 15) is 8.42 Å². The van der Waals surface area contributed by atoms with Crippen molar-refractivity contribution in [2.75, 3.05) is 15.4 Å². The lowest BCUT2D eigenvalue weighted by atomic mass is 10.2. The maximum absolute atomic E-state index is 12.6. The largest absolute Gasteiger partial charge is 0.332 e. The fraction of sp³-hybridized carbons (Fsp3) is 0.0952. The number of para-hydroxylation sites is 1. The molecule has 29 heavy (non-hydrogen) atoms. The third-order valence-corrected chi connectivity index (χ3v) is 6.23. The smallest absolute Gasteiger partial charge is 0.261 e. The summed E-state index contributed by atoms with van der Waals surface area (Å²) in [6.45, 7) is 3.77. The molecule has 0 saturated heterocycles. The highest BCUT2D eigenvalue weighted by atomic mass is 35.5. The summed E-state index contributed by atoms with van der Waals surface area (Å²) in [5.74, 6) is 0. The summed E-state index contributed by atoms with van der Waals surface area (Å²) in [4.78, 5) is 0.162. The molecular weight excluding hydrogens is 426 g/mol. The van der Waals surface area contributed by atoms with E-state index in [-0.39, 0.29) is 4.90 Å². The van der Waals surface area contributed by atoms with Gasteiger partial charge in [-0.25, -0.2) is 8.42 Å². The number of rotatable bonds is 5. The number of aryl methyl sites for hydroxylation is 2. The molecule has 0 atom stereocenters. The normalized spacial score (nSPS) is 11.0. The molecule has 0 fully saturated rings. The van der Waals surface area contributed by atoms with Crippen LogP contribution in [0.1, 0.15) is 11.1 Å². The highest BCUT2D eigenvalue weighted by Gasteiger charge is 2.15. The Bertz CT molecular complexity index is 1150. The van der Waals surface area contributed by atoms with Gasteiger partial charge < -0.3 is 10.6 Å². The van der Waals surface area contributed by atoms with E-state index in [1.807, 2.05) is 38.1 Å². The van der Waals surface area contributed by atoms with Crippen LogP contribution in [0.3, 0.4) is 0 Å². The van der Waals surface area contributed by atoms with Crippen LogP contribution in [0.5, 0.6) is 0 Å². The molecule has 3 rings (SSSR count). The van der Waals surface area contributed by atoms with E-state index in [0.717, 1.165) is 16.8 Å². The Hall–Kier alpha value is -2.61. The molecule has 0 saturated carbocycles. The topological polar surface area (TPSA) is 70.2 Å². The lowest BCUT2D eigenvalue weighted by Crippen LogP contribution is -2.19. The first kappa shape index (κ1) is 21.1. The van der Waals surface area contributed by atoms with Crippen LogP contribution in [-0.2, 0) is 10.0 Å². The molecule has 0 aliphatic carbocycles. The number of anilines is 3. The Morgan fingerprint density at radius 2 is 1.48 bits per heavy atom. The maximum atomic E-state index is 12.6. The van der Waals surface area contributed by atoms with Crippen molar-refractivity contribution in [3.05, 3.63) is 82.9 Å². The predicted octanol–water partition coefficient (Wildman–Crippen LogP) is 5.57. The molecule has 0 amide bonds. The highest BCUT2D eigenvalue weighted by molar-refractivity contribution is 7.92. The SMILES string of the molecule is Cc1ccc(NC(=S)Nc2ccc(S(=O)(=O)Nc3ccccc3C)cc2)cc1Cl. The monoisotopic (exact) mass is 445 g/mol. The molecule has 0 spiro atoms. The van der Waals surface area contributed by atoms with Gasteiger partial charge in [-0.2, -0.15) is 0 Å². The Balaban J connectivity index is 1.67. The van der Waals surface area contributed by atoms with Crippen LogP contribution in [-0.4, -0.2) is 13.5 Å². The summed E-state index contributed by atoms with van der Waals surface area (Å²) in [6.07, 6.45) is 0. The molecule has 3 aromatic carbocycles. The molecule has 0 aromatic heterocycles. The molecule has 0 radical (unpaired) electrons. The lowest BCUT2D eigenvalue weighted by Gasteiger charge is -2.13. The molecule has 0 unspecified atom stereocenters. The van der Waals surface area contributed by atoms with Gasteiger partial charge in [0, 0.05) is 16.4 Å². The summed E-state index contributed by atoms with van der Waals surface area (Å²) in [6, 6.07) is 19.1. The van der Waals surface area contributed by atoms with Crippen LogP contribution in [0.2, 0.25) is 5.02 Å². The van der Waals surface area contributed by atoms with Crippen molar-refractivity contribution in [2.24, 2.45) is 0 Å². The van der Waals surface area contributed by atoms with Crippen molar-refractivity contribution in [3.8, 4) is 0 Å². The Morgan fingerprint density at radius 1 is 0.862 bits per heavy atom. The van der Waals surface area contributed by atoms with Gasteiger partial charge in [0.1, 0.15) is 0 Å². The number of sulfonamides is 1.